The Kier molecular flexibility index (Phi) is 8.91. The summed E-state index contributed by atoms with van der Waals surface area (Å²) >= 11 is 0. The van der Waals surface area contributed by atoms with Crippen LogP contribution in [0.4, 0.5) is 0 Å². The van der Waals surface area contributed by atoms with Gasteiger partial charge in [0.1, 0.15) is 6.29 Å². The fourth-order valence-electron chi connectivity index (χ4n) is 0.892. The highest BCUT2D eigenvalue weighted by atomic mass is 16.1. The van der Waals surface area contributed by atoms with Crippen molar-refractivity contribution in [1.82, 2.24) is 0 Å². The van der Waals surface area contributed by atoms with Crippen LogP contribution in [0.2, 0.25) is 0 Å². The summed E-state index contributed by atoms with van der Waals surface area (Å²) < 4.78 is 0. The second-order valence-electron chi connectivity index (χ2n) is 2.71. The lowest BCUT2D eigenvalue weighted by Gasteiger charge is -1.90. The molecule has 0 unspecified atom stereocenters. The van der Waals surface area contributed by atoms with E-state index in [2.05, 4.69) is 19.1 Å². The summed E-state index contributed by atoms with van der Waals surface area (Å²) in [5.74, 6) is 0. The van der Waals surface area contributed by atoms with E-state index < -0.39 is 0 Å². The number of hydrogen-bond donors (Lipinski definition) is 0. The third-order valence-electron chi connectivity index (χ3n) is 1.56. The maximum Gasteiger partial charge on any atom is 0.119 e. The van der Waals surface area contributed by atoms with E-state index in [9.17, 15) is 4.79 Å². The Bertz CT molecular complexity index is 105. The highest BCUT2D eigenvalue weighted by Crippen LogP contribution is 1.99. The molecule has 0 bridgehead atoms. The molecule has 64 valence electrons. The van der Waals surface area contributed by atoms with Crippen molar-refractivity contribution >= 4 is 6.29 Å². The zero-order valence-electron chi connectivity index (χ0n) is 7.38. The molecule has 0 radical (unpaired) electrons. The van der Waals surface area contributed by atoms with E-state index >= 15 is 0 Å². The Labute approximate surface area is 69.5 Å². The van der Waals surface area contributed by atoms with Crippen LogP contribution in [0.1, 0.15) is 45.4 Å². The number of carbonyl (C=O) groups is 1. The van der Waals surface area contributed by atoms with E-state index in [0.717, 1.165) is 32.0 Å². The van der Waals surface area contributed by atoms with Gasteiger partial charge in [0.05, 0.1) is 0 Å². The number of aldehydes is 1. The summed E-state index contributed by atoms with van der Waals surface area (Å²) in [6, 6.07) is 0. The molecule has 0 amide bonds. The van der Waals surface area contributed by atoms with Gasteiger partial charge in [0.25, 0.3) is 0 Å². The lowest BCUT2D eigenvalue weighted by Crippen LogP contribution is -1.75. The first kappa shape index (κ1) is 10.4. The number of allylic oxidation sites excluding steroid dienone is 2. The van der Waals surface area contributed by atoms with Crippen molar-refractivity contribution in [2.24, 2.45) is 0 Å². The normalized spacial score (nSPS) is 10.6. The van der Waals surface area contributed by atoms with Gasteiger partial charge in [0.2, 0.25) is 0 Å². The molecule has 0 saturated heterocycles. The van der Waals surface area contributed by atoms with Crippen LogP contribution < -0.4 is 0 Å². The average Bonchev–Trinajstić information content (AvgIpc) is 2.03. The van der Waals surface area contributed by atoms with Crippen molar-refractivity contribution in [3.63, 3.8) is 0 Å². The SMILES string of the molecule is CCCC=CCCCCC=O. The minimum Gasteiger partial charge on any atom is -0.303 e. The summed E-state index contributed by atoms with van der Waals surface area (Å²) in [6.45, 7) is 2.18. The van der Waals surface area contributed by atoms with Gasteiger partial charge in [-0.05, 0) is 25.7 Å². The minimum absolute atomic E-state index is 0.724. The van der Waals surface area contributed by atoms with Crippen LogP contribution in [0.5, 0.6) is 0 Å². The second-order valence-corrected chi connectivity index (χ2v) is 2.71. The van der Waals surface area contributed by atoms with Gasteiger partial charge in [-0.3, -0.25) is 0 Å². The lowest BCUT2D eigenvalue weighted by atomic mass is 10.2. The van der Waals surface area contributed by atoms with Crippen LogP contribution in [0, 0.1) is 0 Å². The van der Waals surface area contributed by atoms with Gasteiger partial charge in [-0.1, -0.05) is 25.5 Å². The van der Waals surface area contributed by atoms with Gasteiger partial charge in [0.15, 0.2) is 0 Å². The molecule has 0 aliphatic heterocycles. The van der Waals surface area contributed by atoms with Gasteiger partial charge in [-0.25, -0.2) is 0 Å². The van der Waals surface area contributed by atoms with Crippen LogP contribution in [0.25, 0.3) is 0 Å². The maximum absolute atomic E-state index is 9.92. The molecular weight excluding hydrogens is 136 g/mol. The number of carbonyl (C=O) groups excluding carboxylic acids is 1. The van der Waals surface area contributed by atoms with E-state index in [1.807, 2.05) is 0 Å². The van der Waals surface area contributed by atoms with Crippen LogP contribution in [0.15, 0.2) is 12.2 Å². The first-order chi connectivity index (χ1) is 5.41. The molecule has 0 spiro atoms. The first-order valence-electron chi connectivity index (χ1n) is 4.50. The van der Waals surface area contributed by atoms with Crippen molar-refractivity contribution in [2.75, 3.05) is 0 Å². The molecule has 0 aromatic carbocycles. The molecule has 0 aromatic heterocycles. The maximum atomic E-state index is 9.92. The van der Waals surface area contributed by atoms with Gasteiger partial charge in [-0.15, -0.1) is 0 Å². The van der Waals surface area contributed by atoms with Crippen LogP contribution >= 0.6 is 0 Å². The number of hydrogen-bond acceptors (Lipinski definition) is 1. The van der Waals surface area contributed by atoms with Crippen molar-refractivity contribution in [3.05, 3.63) is 12.2 Å². The van der Waals surface area contributed by atoms with Gasteiger partial charge >= 0.3 is 0 Å². The molecule has 0 N–H and O–H groups in total. The molecule has 0 saturated carbocycles. The second kappa shape index (κ2) is 9.41. The van der Waals surface area contributed by atoms with Gasteiger partial charge in [-0.2, -0.15) is 0 Å². The average molecular weight is 154 g/mol. The molecule has 1 heteroatoms. The van der Waals surface area contributed by atoms with Crippen molar-refractivity contribution in [2.45, 2.75) is 45.4 Å². The predicted octanol–water partition coefficient (Wildman–Crippen LogP) is 3.10. The third kappa shape index (κ3) is 9.41. The first-order valence-corrected chi connectivity index (χ1v) is 4.50. The van der Waals surface area contributed by atoms with Gasteiger partial charge in [0, 0.05) is 6.42 Å². The van der Waals surface area contributed by atoms with E-state index in [1.165, 1.54) is 12.8 Å². The topological polar surface area (TPSA) is 17.1 Å². The van der Waals surface area contributed by atoms with Crippen molar-refractivity contribution in [3.8, 4) is 0 Å². The Morgan fingerprint density at radius 1 is 1.00 bits per heavy atom. The Morgan fingerprint density at radius 2 is 1.64 bits per heavy atom. The molecule has 0 atom stereocenters. The summed E-state index contributed by atoms with van der Waals surface area (Å²) in [4.78, 5) is 9.92. The Morgan fingerprint density at radius 3 is 2.27 bits per heavy atom. The Balaban J connectivity index is 2.94. The third-order valence-corrected chi connectivity index (χ3v) is 1.56. The lowest BCUT2D eigenvalue weighted by molar-refractivity contribution is -0.107. The number of rotatable bonds is 7. The number of unbranched alkanes of at least 4 members (excludes halogenated alkanes) is 4. The largest absolute Gasteiger partial charge is 0.303 e. The van der Waals surface area contributed by atoms with E-state index in [-0.39, 0.29) is 0 Å². The fourth-order valence-corrected chi connectivity index (χ4v) is 0.892. The zero-order valence-corrected chi connectivity index (χ0v) is 7.38. The molecular formula is C10H18O. The summed E-state index contributed by atoms with van der Waals surface area (Å²) in [5.41, 5.74) is 0. The smallest absolute Gasteiger partial charge is 0.119 e. The van der Waals surface area contributed by atoms with Crippen LogP contribution in [-0.4, -0.2) is 6.29 Å². The summed E-state index contributed by atoms with van der Waals surface area (Å²) in [5, 5.41) is 0. The van der Waals surface area contributed by atoms with E-state index in [0.29, 0.717) is 0 Å². The van der Waals surface area contributed by atoms with E-state index in [1.54, 1.807) is 0 Å². The van der Waals surface area contributed by atoms with Crippen molar-refractivity contribution < 1.29 is 4.79 Å². The molecule has 0 aliphatic carbocycles. The molecule has 0 heterocycles. The van der Waals surface area contributed by atoms with Crippen molar-refractivity contribution in [1.29, 1.82) is 0 Å². The quantitative estimate of drug-likeness (QED) is 0.313. The minimum atomic E-state index is 0.724. The Hall–Kier alpha value is -0.590. The monoisotopic (exact) mass is 154 g/mol. The highest BCUT2D eigenvalue weighted by molar-refractivity contribution is 5.48. The predicted molar refractivity (Wildman–Crippen MR) is 48.6 cm³/mol. The molecule has 11 heavy (non-hydrogen) atoms. The van der Waals surface area contributed by atoms with Gasteiger partial charge < -0.3 is 4.79 Å². The summed E-state index contributed by atoms with van der Waals surface area (Å²) in [6.07, 6.45) is 11.9. The van der Waals surface area contributed by atoms with E-state index in [4.69, 9.17) is 0 Å². The molecule has 0 aromatic rings. The summed E-state index contributed by atoms with van der Waals surface area (Å²) in [7, 11) is 0. The molecule has 0 aliphatic rings. The fraction of sp³-hybridized carbons (Fsp3) is 0.700. The highest BCUT2D eigenvalue weighted by Gasteiger charge is 1.83. The van der Waals surface area contributed by atoms with Crippen LogP contribution in [-0.2, 0) is 4.79 Å². The molecule has 0 fully saturated rings. The standard InChI is InChI=1S/C10H18O/c1-2-3-4-5-6-7-8-9-10-11/h4-5,10H,2-3,6-9H2,1H3. The van der Waals surface area contributed by atoms with Crippen LogP contribution in [0.3, 0.4) is 0 Å². The molecule has 0 rings (SSSR count). The zero-order chi connectivity index (χ0) is 8.36. The molecule has 1 nitrogen and oxygen atoms in total.